The molecule has 0 spiro atoms. The van der Waals surface area contributed by atoms with E-state index in [0.29, 0.717) is 31.8 Å². The van der Waals surface area contributed by atoms with Gasteiger partial charge in [0.2, 0.25) is 5.91 Å². The molecule has 3 rings (SSSR count). The van der Waals surface area contributed by atoms with E-state index in [1.807, 2.05) is 4.90 Å². The molecule has 3 saturated heterocycles. The van der Waals surface area contributed by atoms with Gasteiger partial charge >= 0.3 is 0 Å². The van der Waals surface area contributed by atoms with Crippen LogP contribution < -0.4 is 5.32 Å². The molecular weight excluding hydrogens is 230 g/mol. The van der Waals surface area contributed by atoms with Gasteiger partial charge in [-0.2, -0.15) is 0 Å². The molecule has 1 N–H and O–H groups in total. The molecule has 2 atom stereocenters. The molecule has 5 heteroatoms. The lowest BCUT2D eigenvalue weighted by Gasteiger charge is -2.28. The van der Waals surface area contributed by atoms with Crippen LogP contribution in [-0.2, 0) is 9.53 Å². The molecule has 3 heterocycles. The second-order valence-electron chi connectivity index (χ2n) is 5.51. The Morgan fingerprint density at radius 3 is 2.83 bits per heavy atom. The van der Waals surface area contributed by atoms with Crippen LogP contribution in [0, 0.1) is 0 Å². The quantitative estimate of drug-likeness (QED) is 0.748. The minimum atomic E-state index is 0.231. The first-order valence-electron chi connectivity index (χ1n) is 7.17. The standard InChI is InChI=1S/C13H23N3O2/c17-13(16-6-8-18-9-7-16)10-14-11-3-5-15-4-1-2-12(11)15/h11-12,14H,1-10H2. The van der Waals surface area contributed by atoms with Gasteiger partial charge in [-0.1, -0.05) is 0 Å². The third-order valence-electron chi connectivity index (χ3n) is 4.49. The van der Waals surface area contributed by atoms with Gasteiger partial charge in [-0.3, -0.25) is 9.69 Å². The molecule has 3 aliphatic rings. The Morgan fingerprint density at radius 1 is 1.17 bits per heavy atom. The minimum absolute atomic E-state index is 0.231. The van der Waals surface area contributed by atoms with Crippen LogP contribution in [0.1, 0.15) is 19.3 Å². The lowest BCUT2D eigenvalue weighted by atomic mass is 10.1. The number of carbonyl (C=O) groups is 1. The number of rotatable bonds is 3. The Kier molecular flexibility index (Phi) is 3.82. The van der Waals surface area contributed by atoms with Crippen LogP contribution in [0.2, 0.25) is 0 Å². The third-order valence-corrected chi connectivity index (χ3v) is 4.49. The van der Waals surface area contributed by atoms with E-state index < -0.39 is 0 Å². The number of nitrogens with zero attached hydrogens (tertiary/aromatic N) is 2. The van der Waals surface area contributed by atoms with Gasteiger partial charge in [0.1, 0.15) is 0 Å². The summed E-state index contributed by atoms with van der Waals surface area (Å²) in [5.74, 6) is 0.231. The van der Waals surface area contributed by atoms with Crippen LogP contribution in [-0.4, -0.2) is 73.7 Å². The van der Waals surface area contributed by atoms with E-state index in [4.69, 9.17) is 4.74 Å². The highest BCUT2D eigenvalue weighted by molar-refractivity contribution is 5.78. The maximum absolute atomic E-state index is 12.0. The van der Waals surface area contributed by atoms with Crippen molar-refractivity contribution < 1.29 is 9.53 Å². The molecule has 0 aromatic carbocycles. The summed E-state index contributed by atoms with van der Waals surface area (Å²) < 4.78 is 5.26. The minimum Gasteiger partial charge on any atom is -0.378 e. The maximum Gasteiger partial charge on any atom is 0.236 e. The number of nitrogens with one attached hydrogen (secondary N) is 1. The molecule has 3 fully saturated rings. The largest absolute Gasteiger partial charge is 0.378 e. The highest BCUT2D eigenvalue weighted by Gasteiger charge is 2.37. The summed E-state index contributed by atoms with van der Waals surface area (Å²) >= 11 is 0. The third kappa shape index (κ3) is 2.53. The lowest BCUT2D eigenvalue weighted by molar-refractivity contribution is -0.134. The fourth-order valence-electron chi connectivity index (χ4n) is 3.46. The van der Waals surface area contributed by atoms with E-state index in [1.54, 1.807) is 0 Å². The van der Waals surface area contributed by atoms with Gasteiger partial charge in [-0.15, -0.1) is 0 Å². The van der Waals surface area contributed by atoms with Gasteiger partial charge in [0.05, 0.1) is 19.8 Å². The molecule has 0 bridgehead atoms. The molecule has 5 nitrogen and oxygen atoms in total. The molecule has 0 radical (unpaired) electrons. The Bertz CT molecular complexity index is 305. The first-order valence-corrected chi connectivity index (χ1v) is 7.17. The molecular formula is C13H23N3O2. The van der Waals surface area contributed by atoms with Gasteiger partial charge in [-0.05, 0) is 25.8 Å². The molecule has 0 aromatic rings. The highest BCUT2D eigenvalue weighted by Crippen LogP contribution is 2.27. The second kappa shape index (κ2) is 5.55. The zero-order valence-corrected chi connectivity index (χ0v) is 10.9. The van der Waals surface area contributed by atoms with Crippen LogP contribution in [0.4, 0.5) is 0 Å². The lowest BCUT2D eigenvalue weighted by Crippen LogP contribution is -2.48. The molecule has 0 aliphatic carbocycles. The SMILES string of the molecule is O=C(CNC1CCN2CCCC12)N1CCOCC1. The zero-order chi connectivity index (χ0) is 12.4. The van der Waals surface area contributed by atoms with Crippen LogP contribution >= 0.6 is 0 Å². The fraction of sp³-hybridized carbons (Fsp3) is 0.923. The Hall–Kier alpha value is -0.650. The summed E-state index contributed by atoms with van der Waals surface area (Å²) in [6, 6.07) is 1.21. The van der Waals surface area contributed by atoms with Crippen molar-refractivity contribution in [3.63, 3.8) is 0 Å². The molecule has 3 aliphatic heterocycles. The summed E-state index contributed by atoms with van der Waals surface area (Å²) in [4.78, 5) is 16.5. The number of morpholine rings is 1. The monoisotopic (exact) mass is 253 g/mol. The molecule has 1 amide bonds. The Morgan fingerprint density at radius 2 is 2.00 bits per heavy atom. The zero-order valence-electron chi connectivity index (χ0n) is 10.9. The molecule has 0 saturated carbocycles. The summed E-state index contributed by atoms with van der Waals surface area (Å²) in [6.45, 7) is 5.82. The van der Waals surface area contributed by atoms with E-state index in [9.17, 15) is 4.79 Å². The molecule has 0 aromatic heterocycles. The van der Waals surface area contributed by atoms with Crippen molar-refractivity contribution in [2.24, 2.45) is 0 Å². The maximum atomic E-state index is 12.0. The number of hydrogen-bond acceptors (Lipinski definition) is 4. The summed E-state index contributed by atoms with van der Waals surface area (Å²) in [5, 5.41) is 3.48. The predicted octanol–water partition coefficient (Wildman–Crippen LogP) is -0.328. The van der Waals surface area contributed by atoms with Crippen molar-refractivity contribution in [3.05, 3.63) is 0 Å². The average Bonchev–Trinajstić information content (AvgIpc) is 3.00. The van der Waals surface area contributed by atoms with Crippen molar-refractivity contribution in [2.75, 3.05) is 45.9 Å². The van der Waals surface area contributed by atoms with Crippen molar-refractivity contribution in [3.8, 4) is 0 Å². The average molecular weight is 253 g/mol. The van der Waals surface area contributed by atoms with Crippen molar-refractivity contribution in [1.29, 1.82) is 0 Å². The first-order chi connectivity index (χ1) is 8.84. The van der Waals surface area contributed by atoms with Crippen LogP contribution in [0.3, 0.4) is 0 Å². The van der Waals surface area contributed by atoms with Gasteiger partial charge < -0.3 is 15.0 Å². The van der Waals surface area contributed by atoms with Crippen LogP contribution in [0.15, 0.2) is 0 Å². The van der Waals surface area contributed by atoms with Gasteiger partial charge in [0.15, 0.2) is 0 Å². The van der Waals surface area contributed by atoms with E-state index in [0.717, 1.165) is 13.1 Å². The Labute approximate surface area is 108 Å². The van der Waals surface area contributed by atoms with Crippen molar-refractivity contribution in [1.82, 2.24) is 15.1 Å². The second-order valence-corrected chi connectivity index (χ2v) is 5.51. The summed E-state index contributed by atoms with van der Waals surface area (Å²) in [7, 11) is 0. The number of ether oxygens (including phenoxy) is 1. The number of fused-ring (bicyclic) bond motifs is 1. The van der Waals surface area contributed by atoms with E-state index in [-0.39, 0.29) is 5.91 Å². The molecule has 2 unspecified atom stereocenters. The Balaban J connectivity index is 1.44. The van der Waals surface area contributed by atoms with Gasteiger partial charge in [0, 0.05) is 31.7 Å². The van der Waals surface area contributed by atoms with E-state index in [2.05, 4.69) is 10.2 Å². The molecule has 18 heavy (non-hydrogen) atoms. The smallest absolute Gasteiger partial charge is 0.236 e. The van der Waals surface area contributed by atoms with E-state index in [1.165, 1.54) is 32.4 Å². The van der Waals surface area contributed by atoms with Crippen LogP contribution in [0.25, 0.3) is 0 Å². The summed E-state index contributed by atoms with van der Waals surface area (Å²) in [6.07, 6.45) is 3.81. The number of carbonyl (C=O) groups excluding carboxylic acids is 1. The number of hydrogen-bond donors (Lipinski definition) is 1. The normalized spacial score (nSPS) is 32.8. The topological polar surface area (TPSA) is 44.8 Å². The highest BCUT2D eigenvalue weighted by atomic mass is 16.5. The van der Waals surface area contributed by atoms with Crippen molar-refractivity contribution in [2.45, 2.75) is 31.3 Å². The predicted molar refractivity (Wildman–Crippen MR) is 68.4 cm³/mol. The number of amides is 1. The fourth-order valence-corrected chi connectivity index (χ4v) is 3.46. The summed E-state index contributed by atoms with van der Waals surface area (Å²) in [5.41, 5.74) is 0. The van der Waals surface area contributed by atoms with Crippen molar-refractivity contribution >= 4 is 5.91 Å². The van der Waals surface area contributed by atoms with Gasteiger partial charge in [-0.25, -0.2) is 0 Å². The van der Waals surface area contributed by atoms with E-state index >= 15 is 0 Å². The first kappa shape index (κ1) is 12.4. The molecule has 102 valence electrons. The van der Waals surface area contributed by atoms with Gasteiger partial charge in [0.25, 0.3) is 0 Å². The van der Waals surface area contributed by atoms with Crippen LogP contribution in [0.5, 0.6) is 0 Å².